The van der Waals surface area contributed by atoms with Crippen molar-refractivity contribution >= 4 is 42.1 Å². The van der Waals surface area contributed by atoms with Crippen LogP contribution in [0.25, 0.3) is 0 Å². The molecule has 1 fully saturated rings. The van der Waals surface area contributed by atoms with E-state index in [0.717, 1.165) is 11.6 Å². The van der Waals surface area contributed by atoms with Crippen LogP contribution in [0.5, 0.6) is 0 Å². The van der Waals surface area contributed by atoms with Crippen molar-refractivity contribution in [3.8, 4) is 0 Å². The van der Waals surface area contributed by atoms with Crippen LogP contribution in [0.15, 0.2) is 48.5 Å². The number of para-hydroxylation sites is 1. The van der Waals surface area contributed by atoms with Crippen LogP contribution in [0, 0.1) is 5.92 Å². The highest BCUT2D eigenvalue weighted by molar-refractivity contribution is 6.30. The van der Waals surface area contributed by atoms with Gasteiger partial charge in [-0.1, -0.05) is 41.9 Å². The Bertz CT molecular complexity index is 630. The number of fused-ring (bicyclic) bond motifs is 3. The van der Waals surface area contributed by atoms with Gasteiger partial charge in [0, 0.05) is 22.7 Å². The summed E-state index contributed by atoms with van der Waals surface area (Å²) in [6.07, 6.45) is 1.21. The fraction of sp³-hybridized carbons (Fsp3) is 0.294. The molecule has 2 aliphatic rings. The number of benzene rings is 2. The maximum Gasteiger partial charge on any atom is 0.0560 e. The molecule has 0 bridgehead atoms. The van der Waals surface area contributed by atoms with Crippen LogP contribution in [0.1, 0.15) is 29.6 Å². The first-order chi connectivity index (χ1) is 9.83. The minimum atomic E-state index is 0. The summed E-state index contributed by atoms with van der Waals surface area (Å²) in [6, 6.07) is 17.7. The Hall–Kier alpha value is -0.930. The molecule has 0 spiro atoms. The van der Waals surface area contributed by atoms with E-state index in [2.05, 4.69) is 47.0 Å². The molecule has 2 nitrogen and oxygen atoms in total. The first kappa shape index (κ1) is 17.4. The van der Waals surface area contributed by atoms with E-state index >= 15 is 0 Å². The Labute approximate surface area is 148 Å². The fourth-order valence-electron chi connectivity index (χ4n) is 3.60. The summed E-state index contributed by atoms with van der Waals surface area (Å²) >= 11 is 6.01. The van der Waals surface area contributed by atoms with E-state index in [9.17, 15) is 0 Å². The highest BCUT2D eigenvalue weighted by Gasteiger charge is 2.39. The van der Waals surface area contributed by atoms with Gasteiger partial charge in [0.1, 0.15) is 0 Å². The van der Waals surface area contributed by atoms with Crippen molar-refractivity contribution in [1.82, 2.24) is 5.32 Å². The van der Waals surface area contributed by atoms with Crippen LogP contribution in [0.2, 0.25) is 5.02 Å². The van der Waals surface area contributed by atoms with E-state index in [-0.39, 0.29) is 24.8 Å². The molecule has 0 aromatic heterocycles. The van der Waals surface area contributed by atoms with Crippen molar-refractivity contribution in [2.75, 3.05) is 11.9 Å². The zero-order valence-electron chi connectivity index (χ0n) is 12.0. The van der Waals surface area contributed by atoms with Crippen LogP contribution in [0.4, 0.5) is 5.69 Å². The maximum absolute atomic E-state index is 6.01. The molecule has 5 heteroatoms. The lowest BCUT2D eigenvalue weighted by atomic mass is 9.80. The van der Waals surface area contributed by atoms with Gasteiger partial charge in [-0.05, 0) is 42.3 Å². The summed E-state index contributed by atoms with van der Waals surface area (Å²) in [5.74, 6) is 0.603. The molecule has 3 atom stereocenters. The Balaban J connectivity index is 0.000000882. The Morgan fingerprint density at radius 2 is 1.64 bits per heavy atom. The summed E-state index contributed by atoms with van der Waals surface area (Å²) in [4.78, 5) is 0. The molecule has 0 radical (unpaired) electrons. The lowest BCUT2D eigenvalue weighted by Gasteiger charge is -2.37. The predicted octanol–water partition coefficient (Wildman–Crippen LogP) is 5.00. The molecule has 1 saturated heterocycles. The molecule has 0 amide bonds. The lowest BCUT2D eigenvalue weighted by Crippen LogP contribution is -2.32. The van der Waals surface area contributed by atoms with E-state index in [1.165, 1.54) is 23.2 Å². The minimum Gasteiger partial charge on any atom is -0.378 e. The summed E-state index contributed by atoms with van der Waals surface area (Å²) in [5.41, 5.74) is 3.98. The van der Waals surface area contributed by atoms with Crippen molar-refractivity contribution in [1.29, 1.82) is 0 Å². The SMILES string of the molecule is Cl.Cl.Clc1ccc(C2Nc3ccccc3C3NCCC23)cc1. The van der Waals surface area contributed by atoms with Gasteiger partial charge in [-0.2, -0.15) is 0 Å². The second kappa shape index (κ2) is 7.10. The zero-order valence-corrected chi connectivity index (χ0v) is 14.3. The smallest absolute Gasteiger partial charge is 0.0560 e. The van der Waals surface area contributed by atoms with Crippen LogP contribution in [-0.4, -0.2) is 6.54 Å². The largest absolute Gasteiger partial charge is 0.378 e. The summed E-state index contributed by atoms with van der Waals surface area (Å²) < 4.78 is 0. The normalized spacial score (nSPS) is 25.0. The molecule has 0 saturated carbocycles. The molecule has 2 heterocycles. The van der Waals surface area contributed by atoms with E-state index < -0.39 is 0 Å². The fourth-order valence-corrected chi connectivity index (χ4v) is 3.72. The molecule has 2 aliphatic heterocycles. The molecule has 4 rings (SSSR count). The van der Waals surface area contributed by atoms with Crippen molar-refractivity contribution in [2.45, 2.75) is 18.5 Å². The third-order valence-electron chi connectivity index (χ3n) is 4.53. The molecule has 0 aliphatic carbocycles. The first-order valence-corrected chi connectivity index (χ1v) is 7.55. The average molecular weight is 358 g/mol. The number of hydrogen-bond donors (Lipinski definition) is 2. The number of anilines is 1. The third kappa shape index (κ3) is 2.93. The van der Waals surface area contributed by atoms with Gasteiger partial charge < -0.3 is 10.6 Å². The Morgan fingerprint density at radius 3 is 2.41 bits per heavy atom. The van der Waals surface area contributed by atoms with Gasteiger partial charge in [-0.25, -0.2) is 0 Å². The molecule has 2 aromatic rings. The van der Waals surface area contributed by atoms with Gasteiger partial charge in [-0.3, -0.25) is 0 Å². The zero-order chi connectivity index (χ0) is 13.5. The predicted molar refractivity (Wildman–Crippen MR) is 97.6 cm³/mol. The van der Waals surface area contributed by atoms with Crippen LogP contribution < -0.4 is 10.6 Å². The highest BCUT2D eigenvalue weighted by Crippen LogP contribution is 2.47. The van der Waals surface area contributed by atoms with Gasteiger partial charge in [-0.15, -0.1) is 24.8 Å². The van der Waals surface area contributed by atoms with E-state index in [1.807, 2.05) is 12.1 Å². The highest BCUT2D eigenvalue weighted by atomic mass is 35.5. The molecule has 22 heavy (non-hydrogen) atoms. The van der Waals surface area contributed by atoms with E-state index in [0.29, 0.717) is 18.0 Å². The number of halogens is 3. The van der Waals surface area contributed by atoms with Crippen molar-refractivity contribution in [3.05, 3.63) is 64.7 Å². The second-order valence-electron chi connectivity index (χ2n) is 5.65. The topological polar surface area (TPSA) is 24.1 Å². The molecular formula is C17H19Cl3N2. The molecule has 118 valence electrons. The number of nitrogens with one attached hydrogen (secondary N) is 2. The molecule has 3 unspecified atom stereocenters. The lowest BCUT2D eigenvalue weighted by molar-refractivity contribution is 0.391. The standard InChI is InChI=1S/C17H17ClN2.2ClH/c18-12-7-5-11(6-8-12)16-14-9-10-19-17(14)13-3-1-2-4-15(13)20-16;;/h1-8,14,16-17,19-20H,9-10H2;2*1H. The number of rotatable bonds is 1. The minimum absolute atomic E-state index is 0. The van der Waals surface area contributed by atoms with Crippen molar-refractivity contribution < 1.29 is 0 Å². The van der Waals surface area contributed by atoms with Crippen LogP contribution in [-0.2, 0) is 0 Å². The Kier molecular flexibility index (Phi) is 5.62. The van der Waals surface area contributed by atoms with Crippen LogP contribution >= 0.6 is 36.4 Å². The summed E-state index contributed by atoms with van der Waals surface area (Å²) in [6.45, 7) is 1.09. The Morgan fingerprint density at radius 1 is 0.909 bits per heavy atom. The second-order valence-corrected chi connectivity index (χ2v) is 6.08. The summed E-state index contributed by atoms with van der Waals surface area (Å²) in [5, 5.41) is 8.18. The third-order valence-corrected chi connectivity index (χ3v) is 4.79. The first-order valence-electron chi connectivity index (χ1n) is 7.17. The van der Waals surface area contributed by atoms with E-state index in [4.69, 9.17) is 11.6 Å². The van der Waals surface area contributed by atoms with Gasteiger partial charge >= 0.3 is 0 Å². The van der Waals surface area contributed by atoms with Crippen molar-refractivity contribution in [2.24, 2.45) is 5.92 Å². The van der Waals surface area contributed by atoms with E-state index in [1.54, 1.807) is 0 Å². The maximum atomic E-state index is 6.01. The molecule has 2 aromatic carbocycles. The van der Waals surface area contributed by atoms with Gasteiger partial charge in [0.2, 0.25) is 0 Å². The van der Waals surface area contributed by atoms with Gasteiger partial charge in [0.25, 0.3) is 0 Å². The molecule has 2 N–H and O–H groups in total. The van der Waals surface area contributed by atoms with Gasteiger partial charge in [0.05, 0.1) is 6.04 Å². The average Bonchev–Trinajstić information content (AvgIpc) is 2.97. The quantitative estimate of drug-likeness (QED) is 0.750. The van der Waals surface area contributed by atoms with Crippen LogP contribution in [0.3, 0.4) is 0 Å². The van der Waals surface area contributed by atoms with Gasteiger partial charge in [0.15, 0.2) is 0 Å². The number of hydrogen-bond acceptors (Lipinski definition) is 2. The summed E-state index contributed by atoms with van der Waals surface area (Å²) in [7, 11) is 0. The molecular weight excluding hydrogens is 339 g/mol. The monoisotopic (exact) mass is 356 g/mol. The van der Waals surface area contributed by atoms with Crippen molar-refractivity contribution in [3.63, 3.8) is 0 Å².